The number of rotatable bonds is 15. The Hall–Kier alpha value is -3.39. The first-order chi connectivity index (χ1) is 22.0. The summed E-state index contributed by atoms with van der Waals surface area (Å²) in [6.07, 6.45) is 8.18. The second kappa shape index (κ2) is 15.0. The van der Waals surface area contributed by atoms with Gasteiger partial charge in [-0.15, -0.1) is 11.3 Å². The second-order valence-electron chi connectivity index (χ2n) is 11.0. The summed E-state index contributed by atoms with van der Waals surface area (Å²) < 4.78 is 56.8. The Labute approximate surface area is 278 Å². The van der Waals surface area contributed by atoms with Crippen molar-refractivity contribution in [3.8, 4) is 0 Å². The number of aromatic carboxylic acids is 1. The third kappa shape index (κ3) is 8.49. The lowest BCUT2D eigenvalue weighted by Crippen LogP contribution is -2.33. The van der Waals surface area contributed by atoms with Crippen molar-refractivity contribution in [1.29, 1.82) is 0 Å². The van der Waals surface area contributed by atoms with Crippen LogP contribution in [-0.4, -0.2) is 50.3 Å². The summed E-state index contributed by atoms with van der Waals surface area (Å²) >= 11 is 7.46. The summed E-state index contributed by atoms with van der Waals surface area (Å²) in [5, 5.41) is 13.1. The van der Waals surface area contributed by atoms with Crippen molar-refractivity contribution >= 4 is 61.1 Å². The van der Waals surface area contributed by atoms with Crippen LogP contribution in [0, 0.1) is 0 Å². The Morgan fingerprint density at radius 3 is 2.48 bits per heavy atom. The predicted molar refractivity (Wildman–Crippen MR) is 181 cm³/mol. The fourth-order valence-electron chi connectivity index (χ4n) is 5.04. The van der Waals surface area contributed by atoms with Crippen LogP contribution in [0.25, 0.3) is 12.2 Å². The third-order valence-corrected chi connectivity index (χ3v) is 12.2. The molecule has 9 nitrogen and oxygen atoms in total. The van der Waals surface area contributed by atoms with E-state index in [-0.39, 0.29) is 35.0 Å². The van der Waals surface area contributed by atoms with Gasteiger partial charge in [0.1, 0.15) is 5.01 Å². The molecular formula is C33H34ClN3O6S3. The van der Waals surface area contributed by atoms with E-state index in [9.17, 15) is 26.7 Å². The lowest BCUT2D eigenvalue weighted by Gasteiger charge is -2.23. The van der Waals surface area contributed by atoms with Crippen molar-refractivity contribution in [2.45, 2.75) is 54.4 Å². The summed E-state index contributed by atoms with van der Waals surface area (Å²) in [5.41, 5.74) is 2.42. The molecule has 0 saturated heterocycles. The molecular weight excluding hydrogens is 666 g/mol. The average molecular weight is 700 g/mol. The van der Waals surface area contributed by atoms with Crippen molar-refractivity contribution in [3.63, 3.8) is 0 Å². The second-order valence-corrected chi connectivity index (χ2v) is 16.0. The van der Waals surface area contributed by atoms with Gasteiger partial charge >= 0.3 is 5.97 Å². The number of carboxylic acid groups (broad SMARTS) is 1. The number of carboxylic acids is 1. The topological polar surface area (TPSA) is 134 Å². The minimum Gasteiger partial charge on any atom is -0.478 e. The molecule has 0 aliphatic heterocycles. The van der Waals surface area contributed by atoms with Crippen molar-refractivity contribution in [2.24, 2.45) is 0 Å². The highest BCUT2D eigenvalue weighted by Crippen LogP contribution is 2.36. The SMILES string of the molecule is O=C(O)c1ccccc1S(=O)(=O)N(CCCCNS(=O)(=O)c1ccc(Cl)cc1)Cc1cccc(/C=C/c2nc(C3CCC3)cs2)c1. The molecule has 1 saturated carbocycles. The van der Waals surface area contributed by atoms with Crippen LogP contribution in [0.2, 0.25) is 5.02 Å². The quantitative estimate of drug-likeness (QED) is 0.129. The number of sulfonamides is 2. The van der Waals surface area contributed by atoms with Crippen LogP contribution < -0.4 is 4.72 Å². The van der Waals surface area contributed by atoms with E-state index in [1.165, 1.54) is 72.1 Å². The molecule has 1 aliphatic rings. The number of benzene rings is 3. The maximum atomic E-state index is 13.9. The molecule has 0 radical (unpaired) electrons. The molecule has 1 aliphatic carbocycles. The molecule has 5 rings (SSSR count). The first-order valence-electron chi connectivity index (χ1n) is 14.8. The van der Waals surface area contributed by atoms with E-state index in [1.807, 2.05) is 36.4 Å². The van der Waals surface area contributed by atoms with E-state index in [0.29, 0.717) is 23.8 Å². The van der Waals surface area contributed by atoms with Crippen molar-refractivity contribution in [1.82, 2.24) is 14.0 Å². The molecule has 1 fully saturated rings. The number of unbranched alkanes of at least 4 members (excludes halogenated alkanes) is 1. The fraction of sp³-hybridized carbons (Fsp3) is 0.273. The summed E-state index contributed by atoms with van der Waals surface area (Å²) in [6.45, 7) is 0.129. The molecule has 0 bridgehead atoms. The largest absolute Gasteiger partial charge is 0.478 e. The Kier molecular flexibility index (Phi) is 11.1. The highest BCUT2D eigenvalue weighted by atomic mass is 35.5. The summed E-state index contributed by atoms with van der Waals surface area (Å²) in [7, 11) is -7.99. The van der Waals surface area contributed by atoms with Gasteiger partial charge < -0.3 is 5.11 Å². The lowest BCUT2D eigenvalue weighted by molar-refractivity contribution is 0.0692. The van der Waals surface area contributed by atoms with E-state index >= 15 is 0 Å². The van der Waals surface area contributed by atoms with Gasteiger partial charge in [-0.05, 0) is 79.3 Å². The van der Waals surface area contributed by atoms with Gasteiger partial charge in [0.25, 0.3) is 0 Å². The van der Waals surface area contributed by atoms with E-state index < -0.39 is 26.0 Å². The summed E-state index contributed by atoms with van der Waals surface area (Å²) in [5.74, 6) is -0.782. The number of thiazole rings is 1. The molecule has 242 valence electrons. The van der Waals surface area contributed by atoms with Crippen LogP contribution in [0.1, 0.15) is 70.2 Å². The van der Waals surface area contributed by atoms with Crippen molar-refractivity contribution in [2.75, 3.05) is 13.1 Å². The molecule has 2 N–H and O–H groups in total. The van der Waals surface area contributed by atoms with Gasteiger partial charge in [0.2, 0.25) is 20.0 Å². The van der Waals surface area contributed by atoms with Crippen LogP contribution >= 0.6 is 22.9 Å². The normalized spacial score (nSPS) is 14.1. The third-order valence-electron chi connectivity index (χ3n) is 7.78. The van der Waals surface area contributed by atoms with Gasteiger partial charge in [-0.25, -0.2) is 31.3 Å². The number of carbonyl (C=O) groups is 1. The first kappa shape index (κ1) is 34.0. The molecule has 46 heavy (non-hydrogen) atoms. The zero-order valence-corrected chi connectivity index (χ0v) is 28.1. The summed E-state index contributed by atoms with van der Waals surface area (Å²) in [6, 6.07) is 18.8. The monoisotopic (exact) mass is 699 g/mol. The molecule has 0 spiro atoms. The molecule has 1 heterocycles. The predicted octanol–water partition coefficient (Wildman–Crippen LogP) is 6.88. The summed E-state index contributed by atoms with van der Waals surface area (Å²) in [4.78, 5) is 16.4. The fourth-order valence-corrected chi connectivity index (χ4v) is 8.69. The van der Waals surface area contributed by atoms with E-state index in [2.05, 4.69) is 10.1 Å². The van der Waals surface area contributed by atoms with Gasteiger partial charge in [-0.1, -0.05) is 60.5 Å². The molecule has 1 aromatic heterocycles. The van der Waals surface area contributed by atoms with Crippen LogP contribution in [0.3, 0.4) is 0 Å². The number of halogens is 1. The average Bonchev–Trinajstić information content (AvgIpc) is 3.47. The molecule has 0 amide bonds. The standard InChI is InChI=1S/C33H34ClN3O6S3/c34-27-14-16-28(17-15-27)45(40,41)35-19-3-4-20-37(46(42,43)31-12-2-1-11-29(31)33(38)39)22-25-8-5-7-24(21-25)13-18-32-36-30(23-44-32)26-9-6-10-26/h1-2,5,7-8,11-18,21,23,26,35H,3-4,6,9-10,19-20,22H2,(H,38,39)/b18-13+. The molecule has 4 aromatic rings. The highest BCUT2D eigenvalue weighted by molar-refractivity contribution is 7.89. The van der Waals surface area contributed by atoms with Crippen LogP contribution in [0.5, 0.6) is 0 Å². The zero-order chi connectivity index (χ0) is 32.7. The van der Waals surface area contributed by atoms with Crippen LogP contribution in [-0.2, 0) is 26.6 Å². The maximum Gasteiger partial charge on any atom is 0.337 e. The Balaban J connectivity index is 1.30. The van der Waals surface area contributed by atoms with Crippen molar-refractivity contribution in [3.05, 3.63) is 111 Å². The Morgan fingerprint density at radius 2 is 1.76 bits per heavy atom. The minimum atomic E-state index is -4.23. The minimum absolute atomic E-state index is 0.00243. The highest BCUT2D eigenvalue weighted by Gasteiger charge is 2.29. The number of nitrogens with zero attached hydrogens (tertiary/aromatic N) is 2. The number of aromatic nitrogens is 1. The van der Waals surface area contributed by atoms with Gasteiger partial charge in [0.05, 0.1) is 21.0 Å². The van der Waals surface area contributed by atoms with E-state index in [4.69, 9.17) is 16.6 Å². The molecule has 0 atom stereocenters. The van der Waals surface area contributed by atoms with Crippen molar-refractivity contribution < 1.29 is 26.7 Å². The molecule has 13 heteroatoms. The van der Waals surface area contributed by atoms with Gasteiger partial charge in [-0.3, -0.25) is 0 Å². The molecule has 0 unspecified atom stereocenters. The smallest absolute Gasteiger partial charge is 0.337 e. The lowest BCUT2D eigenvalue weighted by atomic mass is 9.83. The number of hydrogen-bond acceptors (Lipinski definition) is 7. The van der Waals surface area contributed by atoms with Crippen LogP contribution in [0.4, 0.5) is 0 Å². The Morgan fingerprint density at radius 1 is 1.00 bits per heavy atom. The number of hydrogen-bond donors (Lipinski definition) is 2. The molecule has 3 aromatic carbocycles. The number of nitrogens with one attached hydrogen (secondary N) is 1. The van der Waals surface area contributed by atoms with Gasteiger partial charge in [-0.2, -0.15) is 4.31 Å². The van der Waals surface area contributed by atoms with Crippen LogP contribution in [0.15, 0.2) is 88.0 Å². The van der Waals surface area contributed by atoms with Gasteiger partial charge in [0.15, 0.2) is 0 Å². The van der Waals surface area contributed by atoms with Gasteiger partial charge in [0, 0.05) is 36.0 Å². The van der Waals surface area contributed by atoms with E-state index in [0.717, 1.165) is 21.8 Å². The maximum absolute atomic E-state index is 13.9. The zero-order valence-electron chi connectivity index (χ0n) is 24.9. The Bertz CT molecular complexity index is 1920. The van der Waals surface area contributed by atoms with E-state index in [1.54, 1.807) is 11.3 Å². The first-order valence-corrected chi connectivity index (χ1v) is 19.0.